The van der Waals surface area contributed by atoms with Crippen molar-refractivity contribution in [2.45, 2.75) is 6.42 Å². The summed E-state index contributed by atoms with van der Waals surface area (Å²) in [5, 5.41) is 8.60. The topological polar surface area (TPSA) is 72.8 Å². The third kappa shape index (κ3) is 4.00. The summed E-state index contributed by atoms with van der Waals surface area (Å²) in [6.45, 7) is -0.187. The van der Waals surface area contributed by atoms with Crippen LogP contribution in [0.3, 0.4) is 0 Å². The predicted molar refractivity (Wildman–Crippen MR) is 55.3 cm³/mol. The molecule has 0 unspecified atom stereocenters. The molecule has 0 spiro atoms. The number of hydrogen-bond donors (Lipinski definition) is 1. The van der Waals surface area contributed by atoms with Crippen molar-refractivity contribution in [2.24, 2.45) is 0 Å². The predicted octanol–water partition coefficient (Wildman–Crippen LogP) is 0.865. The molecule has 0 heterocycles. The molecule has 0 fully saturated rings. The molecule has 0 aromatic heterocycles. The van der Waals surface area contributed by atoms with Gasteiger partial charge in [-0.1, -0.05) is 12.1 Å². The highest BCUT2D eigenvalue weighted by Crippen LogP contribution is 2.13. The second kappa shape index (κ2) is 5.75. The average Bonchev–Trinajstić information content (AvgIpc) is 2.25. The molecule has 1 aromatic carbocycles. The van der Waals surface area contributed by atoms with Crippen LogP contribution in [0.4, 0.5) is 0 Å². The van der Waals surface area contributed by atoms with E-state index in [-0.39, 0.29) is 13.0 Å². The standard InChI is InChI=1S/C11H12O5/c1-15-11(14)7-16-9-4-2-3-8(5-9)6-10(12)13/h2-5H,6-7H2,1H3,(H,12,13). The highest BCUT2D eigenvalue weighted by Gasteiger charge is 2.04. The summed E-state index contributed by atoms with van der Waals surface area (Å²) >= 11 is 0. The van der Waals surface area contributed by atoms with E-state index in [4.69, 9.17) is 9.84 Å². The number of rotatable bonds is 5. The van der Waals surface area contributed by atoms with Gasteiger partial charge < -0.3 is 14.6 Å². The minimum absolute atomic E-state index is 0.0740. The largest absolute Gasteiger partial charge is 0.482 e. The summed E-state index contributed by atoms with van der Waals surface area (Å²) in [7, 11) is 1.27. The molecule has 0 radical (unpaired) electrons. The Kier molecular flexibility index (Phi) is 4.32. The van der Waals surface area contributed by atoms with Crippen LogP contribution in [-0.4, -0.2) is 30.8 Å². The number of benzene rings is 1. The number of carbonyl (C=O) groups excluding carboxylic acids is 1. The Morgan fingerprint density at radius 3 is 2.75 bits per heavy atom. The Morgan fingerprint density at radius 1 is 1.38 bits per heavy atom. The molecule has 0 saturated carbocycles. The molecule has 0 aliphatic heterocycles. The van der Waals surface area contributed by atoms with Gasteiger partial charge in [-0.2, -0.15) is 0 Å². The lowest BCUT2D eigenvalue weighted by molar-refractivity contribution is -0.143. The maximum Gasteiger partial charge on any atom is 0.343 e. The van der Waals surface area contributed by atoms with Crippen molar-refractivity contribution in [1.82, 2.24) is 0 Å². The fourth-order valence-corrected chi connectivity index (χ4v) is 1.12. The Bertz CT molecular complexity index is 386. The number of carbonyl (C=O) groups is 2. The van der Waals surface area contributed by atoms with Crippen LogP contribution >= 0.6 is 0 Å². The highest BCUT2D eigenvalue weighted by atomic mass is 16.6. The van der Waals surface area contributed by atoms with E-state index in [9.17, 15) is 9.59 Å². The summed E-state index contributed by atoms with van der Waals surface area (Å²) in [5.41, 5.74) is 0.620. The van der Waals surface area contributed by atoms with Crippen LogP contribution < -0.4 is 4.74 Å². The molecule has 86 valence electrons. The lowest BCUT2D eigenvalue weighted by Crippen LogP contribution is -2.12. The highest BCUT2D eigenvalue weighted by molar-refractivity contribution is 5.71. The van der Waals surface area contributed by atoms with Gasteiger partial charge in [0.05, 0.1) is 13.5 Å². The molecule has 16 heavy (non-hydrogen) atoms. The van der Waals surface area contributed by atoms with Gasteiger partial charge in [0.1, 0.15) is 5.75 Å². The minimum Gasteiger partial charge on any atom is -0.482 e. The van der Waals surface area contributed by atoms with Crippen LogP contribution in [0.5, 0.6) is 5.75 Å². The first-order chi connectivity index (χ1) is 7.61. The van der Waals surface area contributed by atoms with Gasteiger partial charge >= 0.3 is 11.9 Å². The van der Waals surface area contributed by atoms with E-state index in [1.807, 2.05) is 0 Å². The van der Waals surface area contributed by atoms with Crippen molar-refractivity contribution in [3.05, 3.63) is 29.8 Å². The van der Waals surface area contributed by atoms with E-state index in [1.54, 1.807) is 24.3 Å². The van der Waals surface area contributed by atoms with Crippen molar-refractivity contribution in [2.75, 3.05) is 13.7 Å². The normalized spacial score (nSPS) is 9.56. The van der Waals surface area contributed by atoms with Crippen LogP contribution in [0, 0.1) is 0 Å². The maximum absolute atomic E-state index is 10.8. The Labute approximate surface area is 92.6 Å². The molecular formula is C11H12O5. The van der Waals surface area contributed by atoms with E-state index in [2.05, 4.69) is 4.74 Å². The van der Waals surface area contributed by atoms with Crippen LogP contribution in [-0.2, 0) is 20.7 Å². The molecule has 0 aliphatic rings. The molecule has 0 bridgehead atoms. The monoisotopic (exact) mass is 224 g/mol. The van der Waals surface area contributed by atoms with Crippen LogP contribution in [0.25, 0.3) is 0 Å². The molecule has 1 N–H and O–H groups in total. The average molecular weight is 224 g/mol. The number of hydrogen-bond acceptors (Lipinski definition) is 4. The molecule has 5 nitrogen and oxygen atoms in total. The first kappa shape index (κ1) is 12.0. The third-order valence-corrected chi connectivity index (χ3v) is 1.84. The van der Waals surface area contributed by atoms with Crippen molar-refractivity contribution >= 4 is 11.9 Å². The zero-order valence-electron chi connectivity index (χ0n) is 8.80. The SMILES string of the molecule is COC(=O)COc1cccc(CC(=O)O)c1. The first-order valence-corrected chi connectivity index (χ1v) is 4.62. The van der Waals surface area contributed by atoms with E-state index in [0.29, 0.717) is 11.3 Å². The molecular weight excluding hydrogens is 212 g/mol. The number of carboxylic acids is 1. The number of ether oxygens (including phenoxy) is 2. The molecule has 0 saturated heterocycles. The zero-order valence-corrected chi connectivity index (χ0v) is 8.80. The maximum atomic E-state index is 10.8. The van der Waals surface area contributed by atoms with Crippen molar-refractivity contribution in [3.63, 3.8) is 0 Å². The number of aliphatic carboxylic acids is 1. The molecule has 5 heteroatoms. The fourth-order valence-electron chi connectivity index (χ4n) is 1.12. The summed E-state index contributed by atoms with van der Waals surface area (Å²) in [6, 6.07) is 6.58. The quantitative estimate of drug-likeness (QED) is 0.751. The number of carboxylic acid groups (broad SMARTS) is 1. The lowest BCUT2D eigenvalue weighted by atomic mass is 10.1. The van der Waals surface area contributed by atoms with Crippen molar-refractivity contribution in [1.29, 1.82) is 0 Å². The fraction of sp³-hybridized carbons (Fsp3) is 0.273. The Balaban J connectivity index is 2.60. The van der Waals surface area contributed by atoms with Gasteiger partial charge in [-0.05, 0) is 17.7 Å². The summed E-state index contributed by atoms with van der Waals surface area (Å²) in [4.78, 5) is 21.3. The summed E-state index contributed by atoms with van der Waals surface area (Å²) in [6.07, 6.45) is -0.0740. The summed E-state index contributed by atoms with van der Waals surface area (Å²) < 4.78 is 9.52. The first-order valence-electron chi connectivity index (χ1n) is 4.62. The van der Waals surface area contributed by atoms with Gasteiger partial charge in [0.2, 0.25) is 0 Å². The Morgan fingerprint density at radius 2 is 2.12 bits per heavy atom. The molecule has 1 rings (SSSR count). The number of methoxy groups -OCH3 is 1. The van der Waals surface area contributed by atoms with Gasteiger partial charge in [0.25, 0.3) is 0 Å². The van der Waals surface area contributed by atoms with E-state index < -0.39 is 11.9 Å². The van der Waals surface area contributed by atoms with Crippen molar-refractivity contribution in [3.8, 4) is 5.75 Å². The molecule has 1 aromatic rings. The molecule has 0 amide bonds. The van der Waals surface area contributed by atoms with E-state index in [1.165, 1.54) is 7.11 Å². The lowest BCUT2D eigenvalue weighted by Gasteiger charge is -2.05. The van der Waals surface area contributed by atoms with Crippen LogP contribution in [0.1, 0.15) is 5.56 Å². The molecule has 0 aliphatic carbocycles. The van der Waals surface area contributed by atoms with Gasteiger partial charge in [-0.3, -0.25) is 4.79 Å². The second-order valence-electron chi connectivity index (χ2n) is 3.08. The summed E-state index contributed by atoms with van der Waals surface area (Å²) in [5.74, 6) is -0.946. The number of esters is 1. The van der Waals surface area contributed by atoms with Crippen LogP contribution in [0.15, 0.2) is 24.3 Å². The van der Waals surface area contributed by atoms with Crippen LogP contribution in [0.2, 0.25) is 0 Å². The Hall–Kier alpha value is -2.04. The van der Waals surface area contributed by atoms with E-state index in [0.717, 1.165) is 0 Å². The van der Waals surface area contributed by atoms with E-state index >= 15 is 0 Å². The van der Waals surface area contributed by atoms with Crippen molar-refractivity contribution < 1.29 is 24.2 Å². The third-order valence-electron chi connectivity index (χ3n) is 1.84. The molecule has 0 atom stereocenters. The van der Waals surface area contributed by atoms with Gasteiger partial charge in [0.15, 0.2) is 6.61 Å². The second-order valence-corrected chi connectivity index (χ2v) is 3.08. The van der Waals surface area contributed by atoms with Gasteiger partial charge in [0, 0.05) is 0 Å². The smallest absolute Gasteiger partial charge is 0.343 e. The minimum atomic E-state index is -0.912. The van der Waals surface area contributed by atoms with Gasteiger partial charge in [-0.25, -0.2) is 4.79 Å². The zero-order chi connectivity index (χ0) is 12.0. The van der Waals surface area contributed by atoms with Gasteiger partial charge in [-0.15, -0.1) is 0 Å².